The average molecular weight is 247 g/mol. The summed E-state index contributed by atoms with van der Waals surface area (Å²) in [5.74, 6) is -0.165. The molecule has 1 aromatic heterocycles. The van der Waals surface area contributed by atoms with Crippen molar-refractivity contribution in [3.63, 3.8) is 0 Å². The Morgan fingerprint density at radius 3 is 2.83 bits per heavy atom. The Morgan fingerprint density at radius 1 is 1.39 bits per heavy atom. The van der Waals surface area contributed by atoms with E-state index in [1.54, 1.807) is 6.07 Å². The zero-order valence-corrected chi connectivity index (χ0v) is 10.7. The van der Waals surface area contributed by atoms with Crippen molar-refractivity contribution < 1.29 is 4.39 Å². The Labute approximate surface area is 107 Å². The lowest BCUT2D eigenvalue weighted by atomic mass is 10.1. The fraction of sp³-hybridized carbons (Fsp3) is 0.357. The lowest BCUT2D eigenvalue weighted by Crippen LogP contribution is -2.18. The van der Waals surface area contributed by atoms with Crippen molar-refractivity contribution in [1.82, 2.24) is 15.1 Å². The standard InChI is InChI=1S/C14H18FN3/c1-3-18-10-12(9-17-18)8-16-11(2)13-6-4-5-7-14(13)15/h4-7,9-11,16H,3,8H2,1-2H3/t11-/m1/s1. The molecule has 2 aromatic rings. The van der Waals surface area contributed by atoms with E-state index >= 15 is 0 Å². The molecule has 0 fully saturated rings. The number of aromatic nitrogens is 2. The van der Waals surface area contributed by atoms with Crippen LogP contribution in [-0.4, -0.2) is 9.78 Å². The number of hydrogen-bond acceptors (Lipinski definition) is 2. The summed E-state index contributed by atoms with van der Waals surface area (Å²) >= 11 is 0. The van der Waals surface area contributed by atoms with Crippen LogP contribution in [0.1, 0.15) is 31.0 Å². The molecule has 3 nitrogen and oxygen atoms in total. The summed E-state index contributed by atoms with van der Waals surface area (Å²) in [5, 5.41) is 7.51. The zero-order chi connectivity index (χ0) is 13.0. The maximum absolute atomic E-state index is 13.6. The van der Waals surface area contributed by atoms with Crippen LogP contribution in [0, 0.1) is 5.82 Å². The van der Waals surface area contributed by atoms with Crippen LogP contribution in [0.2, 0.25) is 0 Å². The molecule has 1 heterocycles. The van der Waals surface area contributed by atoms with Gasteiger partial charge >= 0.3 is 0 Å². The summed E-state index contributed by atoms with van der Waals surface area (Å²) in [4.78, 5) is 0. The van der Waals surface area contributed by atoms with Crippen molar-refractivity contribution >= 4 is 0 Å². The highest BCUT2D eigenvalue weighted by atomic mass is 19.1. The lowest BCUT2D eigenvalue weighted by molar-refractivity contribution is 0.528. The number of halogens is 1. The second-order valence-electron chi connectivity index (χ2n) is 4.33. The fourth-order valence-electron chi connectivity index (χ4n) is 1.88. The highest BCUT2D eigenvalue weighted by Crippen LogP contribution is 2.16. The van der Waals surface area contributed by atoms with Crippen molar-refractivity contribution in [1.29, 1.82) is 0 Å². The molecule has 0 bridgehead atoms. The van der Waals surface area contributed by atoms with E-state index in [4.69, 9.17) is 0 Å². The molecule has 1 N–H and O–H groups in total. The molecule has 0 aliphatic carbocycles. The lowest BCUT2D eigenvalue weighted by Gasteiger charge is -2.14. The van der Waals surface area contributed by atoms with Gasteiger partial charge in [0.25, 0.3) is 0 Å². The van der Waals surface area contributed by atoms with Crippen LogP contribution < -0.4 is 5.32 Å². The molecular weight excluding hydrogens is 229 g/mol. The van der Waals surface area contributed by atoms with E-state index < -0.39 is 0 Å². The minimum absolute atomic E-state index is 0.0174. The molecule has 96 valence electrons. The molecule has 0 amide bonds. The van der Waals surface area contributed by atoms with Crippen molar-refractivity contribution in [3.05, 3.63) is 53.6 Å². The first-order valence-corrected chi connectivity index (χ1v) is 6.20. The van der Waals surface area contributed by atoms with Crippen LogP contribution in [0.15, 0.2) is 36.7 Å². The van der Waals surface area contributed by atoms with Crippen LogP contribution in [0.5, 0.6) is 0 Å². The van der Waals surface area contributed by atoms with Gasteiger partial charge in [0.15, 0.2) is 0 Å². The Kier molecular flexibility index (Phi) is 4.10. The van der Waals surface area contributed by atoms with Crippen LogP contribution in [0.3, 0.4) is 0 Å². The molecular formula is C14H18FN3. The molecule has 4 heteroatoms. The molecule has 0 spiro atoms. The van der Waals surface area contributed by atoms with E-state index in [2.05, 4.69) is 10.4 Å². The Hall–Kier alpha value is -1.68. The molecule has 0 radical (unpaired) electrons. The molecule has 18 heavy (non-hydrogen) atoms. The average Bonchev–Trinajstić information content (AvgIpc) is 2.84. The van der Waals surface area contributed by atoms with Crippen molar-refractivity contribution in [2.75, 3.05) is 0 Å². The zero-order valence-electron chi connectivity index (χ0n) is 10.7. The van der Waals surface area contributed by atoms with Gasteiger partial charge in [-0.3, -0.25) is 4.68 Å². The van der Waals surface area contributed by atoms with E-state index in [1.165, 1.54) is 6.07 Å². The third-order valence-corrected chi connectivity index (χ3v) is 2.99. The molecule has 1 aromatic carbocycles. The molecule has 0 unspecified atom stereocenters. The summed E-state index contributed by atoms with van der Waals surface area (Å²) in [6.45, 7) is 5.56. The summed E-state index contributed by atoms with van der Waals surface area (Å²) in [5.41, 5.74) is 1.81. The highest BCUT2D eigenvalue weighted by molar-refractivity contribution is 5.20. The van der Waals surface area contributed by atoms with Gasteiger partial charge in [-0.05, 0) is 19.9 Å². The van der Waals surface area contributed by atoms with Crippen LogP contribution in [0.25, 0.3) is 0 Å². The second kappa shape index (κ2) is 5.78. The SMILES string of the molecule is CCn1cc(CN[C@H](C)c2ccccc2F)cn1. The first-order chi connectivity index (χ1) is 8.70. The van der Waals surface area contributed by atoms with Gasteiger partial charge in [0.05, 0.1) is 6.20 Å². The molecule has 0 saturated heterocycles. The molecule has 0 saturated carbocycles. The summed E-state index contributed by atoms with van der Waals surface area (Å²) in [7, 11) is 0. The minimum Gasteiger partial charge on any atom is -0.306 e. The number of rotatable bonds is 5. The third-order valence-electron chi connectivity index (χ3n) is 2.99. The van der Waals surface area contributed by atoms with Gasteiger partial charge in [-0.2, -0.15) is 5.10 Å². The largest absolute Gasteiger partial charge is 0.306 e. The van der Waals surface area contributed by atoms with Crippen molar-refractivity contribution in [3.8, 4) is 0 Å². The normalized spacial score (nSPS) is 12.6. The van der Waals surface area contributed by atoms with E-state index in [0.717, 1.165) is 12.1 Å². The van der Waals surface area contributed by atoms with Gasteiger partial charge in [-0.1, -0.05) is 18.2 Å². The van der Waals surface area contributed by atoms with Crippen LogP contribution >= 0.6 is 0 Å². The summed E-state index contributed by atoms with van der Waals surface area (Å²) < 4.78 is 15.4. The summed E-state index contributed by atoms with van der Waals surface area (Å²) in [6.07, 6.45) is 3.84. The maximum Gasteiger partial charge on any atom is 0.127 e. The number of benzene rings is 1. The molecule has 2 rings (SSSR count). The molecule has 1 atom stereocenters. The van der Waals surface area contributed by atoms with Crippen molar-refractivity contribution in [2.45, 2.75) is 33.0 Å². The number of nitrogens with one attached hydrogen (secondary N) is 1. The predicted molar refractivity (Wildman–Crippen MR) is 69.6 cm³/mol. The maximum atomic E-state index is 13.6. The molecule has 0 aliphatic rings. The van der Waals surface area contributed by atoms with Crippen LogP contribution in [-0.2, 0) is 13.1 Å². The fourth-order valence-corrected chi connectivity index (χ4v) is 1.88. The number of nitrogens with zero attached hydrogens (tertiary/aromatic N) is 2. The summed E-state index contributed by atoms with van der Waals surface area (Å²) in [6, 6.07) is 6.84. The van der Waals surface area contributed by atoms with Gasteiger partial charge < -0.3 is 5.32 Å². The Balaban J connectivity index is 1.96. The first-order valence-electron chi connectivity index (χ1n) is 6.20. The predicted octanol–water partition coefficient (Wildman–Crippen LogP) is 2.89. The number of hydrogen-bond donors (Lipinski definition) is 1. The van der Waals surface area contributed by atoms with E-state index in [0.29, 0.717) is 12.1 Å². The Morgan fingerprint density at radius 2 is 2.17 bits per heavy atom. The first kappa shape index (κ1) is 12.8. The van der Waals surface area contributed by atoms with Crippen molar-refractivity contribution in [2.24, 2.45) is 0 Å². The monoisotopic (exact) mass is 247 g/mol. The minimum atomic E-state index is -0.165. The second-order valence-corrected chi connectivity index (χ2v) is 4.33. The third kappa shape index (κ3) is 2.96. The smallest absolute Gasteiger partial charge is 0.127 e. The quantitative estimate of drug-likeness (QED) is 0.880. The van der Waals surface area contributed by atoms with E-state index in [-0.39, 0.29) is 11.9 Å². The van der Waals surface area contributed by atoms with Gasteiger partial charge in [0, 0.05) is 36.5 Å². The van der Waals surface area contributed by atoms with Gasteiger partial charge in [0.1, 0.15) is 5.82 Å². The molecule has 0 aliphatic heterocycles. The topological polar surface area (TPSA) is 29.9 Å². The van der Waals surface area contributed by atoms with Gasteiger partial charge in [-0.25, -0.2) is 4.39 Å². The number of aryl methyl sites for hydroxylation is 1. The Bertz CT molecular complexity index is 507. The van der Waals surface area contributed by atoms with Gasteiger partial charge in [0.2, 0.25) is 0 Å². The van der Waals surface area contributed by atoms with E-state index in [1.807, 2.05) is 43.1 Å². The highest BCUT2D eigenvalue weighted by Gasteiger charge is 2.09. The van der Waals surface area contributed by atoms with Gasteiger partial charge in [-0.15, -0.1) is 0 Å². The van der Waals surface area contributed by atoms with Crippen LogP contribution in [0.4, 0.5) is 4.39 Å². The van der Waals surface area contributed by atoms with E-state index in [9.17, 15) is 4.39 Å².